The topological polar surface area (TPSA) is 96.0 Å². The zero-order valence-corrected chi connectivity index (χ0v) is 19.5. The number of para-hydroxylation sites is 1. The second kappa shape index (κ2) is 9.93. The number of carbonyl (C=O) groups excluding carboxylic acids is 2. The number of nitrogens with zero attached hydrogens (tertiary/aromatic N) is 2. The number of rotatable bonds is 6. The Labute approximate surface area is 194 Å². The number of likely N-dealkylation sites (tertiary alicyclic amines) is 1. The Bertz CT molecular complexity index is 1100. The zero-order valence-electron chi connectivity index (χ0n) is 18.7. The minimum Gasteiger partial charge on any atom is -0.497 e. The smallest absolute Gasteiger partial charge is 0.255 e. The van der Waals surface area contributed by atoms with Crippen molar-refractivity contribution < 1.29 is 22.7 Å². The van der Waals surface area contributed by atoms with Crippen molar-refractivity contribution in [1.82, 2.24) is 9.21 Å². The first-order valence-corrected chi connectivity index (χ1v) is 12.7. The van der Waals surface area contributed by atoms with Crippen molar-refractivity contribution in [2.75, 3.05) is 38.6 Å². The molecule has 0 aromatic heterocycles. The first kappa shape index (κ1) is 23.3. The minimum absolute atomic E-state index is 0.0659. The molecule has 2 amide bonds. The number of piperidine rings is 1. The normalized spacial score (nSPS) is 17.7. The van der Waals surface area contributed by atoms with E-state index in [9.17, 15) is 18.0 Å². The lowest BCUT2D eigenvalue weighted by atomic mass is 9.97. The fourth-order valence-electron chi connectivity index (χ4n) is 4.36. The summed E-state index contributed by atoms with van der Waals surface area (Å²) < 4.78 is 32.4. The Morgan fingerprint density at radius 3 is 2.21 bits per heavy atom. The quantitative estimate of drug-likeness (QED) is 0.699. The summed E-state index contributed by atoms with van der Waals surface area (Å²) in [7, 11) is -2.10. The van der Waals surface area contributed by atoms with Gasteiger partial charge in [0.25, 0.3) is 5.91 Å². The van der Waals surface area contributed by atoms with Crippen molar-refractivity contribution in [2.24, 2.45) is 5.92 Å². The summed E-state index contributed by atoms with van der Waals surface area (Å²) >= 11 is 0. The molecule has 0 aliphatic carbocycles. The molecule has 2 fully saturated rings. The highest BCUT2D eigenvalue weighted by Gasteiger charge is 2.32. The van der Waals surface area contributed by atoms with Crippen LogP contribution < -0.4 is 10.1 Å². The molecule has 2 aromatic rings. The third-order valence-electron chi connectivity index (χ3n) is 6.33. The summed E-state index contributed by atoms with van der Waals surface area (Å²) in [5, 5.41) is 2.91. The molecule has 4 rings (SSSR count). The third kappa shape index (κ3) is 5.04. The summed E-state index contributed by atoms with van der Waals surface area (Å²) in [4.78, 5) is 27.8. The second-order valence-electron chi connectivity index (χ2n) is 8.39. The molecule has 9 heteroatoms. The predicted octanol–water partition coefficient (Wildman–Crippen LogP) is 2.97. The molecule has 0 radical (unpaired) electrons. The molecule has 2 saturated heterocycles. The second-order valence-corrected chi connectivity index (χ2v) is 10.3. The Morgan fingerprint density at radius 2 is 1.58 bits per heavy atom. The fraction of sp³-hybridized carbons (Fsp3) is 0.417. The molecule has 0 spiro atoms. The van der Waals surface area contributed by atoms with Gasteiger partial charge < -0.3 is 15.0 Å². The van der Waals surface area contributed by atoms with Gasteiger partial charge in [0.2, 0.25) is 15.9 Å². The maximum absolute atomic E-state index is 12.9. The van der Waals surface area contributed by atoms with Crippen LogP contribution in [0.4, 0.5) is 5.69 Å². The number of nitrogens with one attached hydrogen (secondary N) is 1. The van der Waals surface area contributed by atoms with E-state index in [4.69, 9.17) is 4.74 Å². The summed E-state index contributed by atoms with van der Waals surface area (Å²) in [6.45, 7) is 2.01. The van der Waals surface area contributed by atoms with Gasteiger partial charge in [0.1, 0.15) is 5.75 Å². The molecular formula is C24H29N3O5S. The highest BCUT2D eigenvalue weighted by atomic mass is 32.2. The van der Waals surface area contributed by atoms with Crippen molar-refractivity contribution in [3.8, 4) is 5.75 Å². The van der Waals surface area contributed by atoms with E-state index < -0.39 is 10.0 Å². The third-order valence-corrected chi connectivity index (χ3v) is 8.24. The molecule has 2 aliphatic rings. The molecule has 33 heavy (non-hydrogen) atoms. The molecule has 8 nitrogen and oxygen atoms in total. The number of hydrogen-bond acceptors (Lipinski definition) is 5. The number of sulfonamides is 1. The Hall–Kier alpha value is -2.91. The van der Waals surface area contributed by atoms with Crippen molar-refractivity contribution in [3.63, 3.8) is 0 Å². The number of ether oxygens (including phenoxy) is 1. The standard InChI is InChI=1S/C24H29N3O5S/c1-32-19-8-10-20(11-9-19)33(30,31)27-16-12-18(13-17-27)23(28)25-22-7-3-2-6-21(22)24(29)26-14-4-5-15-26/h2-3,6-11,18H,4-5,12-17H2,1H3,(H,25,28). The lowest BCUT2D eigenvalue weighted by Crippen LogP contribution is -2.41. The van der Waals surface area contributed by atoms with Crippen LogP contribution in [0.2, 0.25) is 0 Å². The van der Waals surface area contributed by atoms with E-state index in [0.29, 0.717) is 29.8 Å². The zero-order chi connectivity index (χ0) is 23.4. The van der Waals surface area contributed by atoms with Crippen LogP contribution in [0.15, 0.2) is 53.4 Å². The lowest BCUT2D eigenvalue weighted by Gasteiger charge is -2.30. The minimum atomic E-state index is -3.63. The first-order chi connectivity index (χ1) is 15.9. The largest absolute Gasteiger partial charge is 0.497 e. The van der Waals surface area contributed by atoms with Crippen molar-refractivity contribution in [2.45, 2.75) is 30.6 Å². The monoisotopic (exact) mass is 471 g/mol. The molecule has 1 N–H and O–H groups in total. The van der Waals surface area contributed by atoms with E-state index >= 15 is 0 Å². The van der Waals surface area contributed by atoms with Gasteiger partial charge in [-0.15, -0.1) is 0 Å². The number of methoxy groups -OCH3 is 1. The molecule has 0 bridgehead atoms. The van der Waals surface area contributed by atoms with E-state index in [0.717, 1.165) is 25.9 Å². The number of anilines is 1. The van der Waals surface area contributed by atoms with Gasteiger partial charge in [0.15, 0.2) is 0 Å². The average molecular weight is 472 g/mol. The molecule has 0 saturated carbocycles. The molecule has 2 heterocycles. The van der Waals surface area contributed by atoms with Gasteiger partial charge in [-0.25, -0.2) is 8.42 Å². The van der Waals surface area contributed by atoms with Crippen LogP contribution in [0.1, 0.15) is 36.0 Å². The van der Waals surface area contributed by atoms with Crippen molar-refractivity contribution in [1.29, 1.82) is 0 Å². The molecule has 0 atom stereocenters. The molecule has 2 aliphatic heterocycles. The van der Waals surface area contributed by atoms with E-state index in [-0.39, 0.29) is 35.7 Å². The number of carbonyl (C=O) groups is 2. The summed E-state index contributed by atoms with van der Waals surface area (Å²) in [6.07, 6.45) is 2.84. The van der Waals surface area contributed by atoms with E-state index in [1.54, 1.807) is 36.4 Å². The van der Waals surface area contributed by atoms with E-state index in [2.05, 4.69) is 5.32 Å². The maximum atomic E-state index is 12.9. The van der Waals surface area contributed by atoms with Gasteiger partial charge in [-0.2, -0.15) is 4.31 Å². The summed E-state index contributed by atoms with van der Waals surface area (Å²) in [5.41, 5.74) is 1.000. The Kier molecular flexibility index (Phi) is 6.99. The van der Waals surface area contributed by atoms with Crippen LogP contribution in [-0.2, 0) is 14.8 Å². The van der Waals surface area contributed by atoms with Gasteiger partial charge in [-0.05, 0) is 62.1 Å². The molecule has 176 valence electrons. The van der Waals surface area contributed by atoms with Crippen LogP contribution in [0.5, 0.6) is 5.75 Å². The first-order valence-electron chi connectivity index (χ1n) is 11.2. The predicted molar refractivity (Wildman–Crippen MR) is 125 cm³/mol. The van der Waals surface area contributed by atoms with Crippen LogP contribution in [0.3, 0.4) is 0 Å². The van der Waals surface area contributed by atoms with Crippen LogP contribution >= 0.6 is 0 Å². The van der Waals surface area contributed by atoms with Gasteiger partial charge in [0.05, 0.1) is 23.3 Å². The van der Waals surface area contributed by atoms with E-state index in [1.165, 1.54) is 23.5 Å². The SMILES string of the molecule is COc1ccc(S(=O)(=O)N2CCC(C(=O)Nc3ccccc3C(=O)N3CCCC3)CC2)cc1. The average Bonchev–Trinajstić information content (AvgIpc) is 3.39. The van der Waals surface area contributed by atoms with Crippen molar-refractivity contribution in [3.05, 3.63) is 54.1 Å². The van der Waals surface area contributed by atoms with Crippen LogP contribution in [0.25, 0.3) is 0 Å². The lowest BCUT2D eigenvalue weighted by molar-refractivity contribution is -0.120. The highest BCUT2D eigenvalue weighted by molar-refractivity contribution is 7.89. The van der Waals surface area contributed by atoms with Gasteiger partial charge in [-0.1, -0.05) is 12.1 Å². The Morgan fingerprint density at radius 1 is 0.939 bits per heavy atom. The fourth-order valence-corrected chi connectivity index (χ4v) is 5.83. The van der Waals surface area contributed by atoms with E-state index in [1.807, 2.05) is 4.90 Å². The maximum Gasteiger partial charge on any atom is 0.255 e. The van der Waals surface area contributed by atoms with Gasteiger partial charge in [0, 0.05) is 32.1 Å². The molecule has 0 unspecified atom stereocenters. The number of amides is 2. The van der Waals surface area contributed by atoms with Crippen LogP contribution in [0, 0.1) is 5.92 Å². The Balaban J connectivity index is 1.38. The van der Waals surface area contributed by atoms with Gasteiger partial charge in [-0.3, -0.25) is 9.59 Å². The number of hydrogen-bond donors (Lipinski definition) is 1. The highest BCUT2D eigenvalue weighted by Crippen LogP contribution is 2.27. The van der Waals surface area contributed by atoms with Crippen molar-refractivity contribution >= 4 is 27.5 Å². The molecule has 2 aromatic carbocycles. The number of benzene rings is 2. The van der Waals surface area contributed by atoms with Gasteiger partial charge >= 0.3 is 0 Å². The summed E-state index contributed by atoms with van der Waals surface area (Å²) in [6, 6.07) is 13.4. The summed E-state index contributed by atoms with van der Waals surface area (Å²) in [5.74, 6) is 0.0251. The van der Waals surface area contributed by atoms with Crippen LogP contribution in [-0.4, -0.2) is 62.7 Å². The molecular weight excluding hydrogens is 442 g/mol.